The van der Waals surface area contributed by atoms with Crippen molar-refractivity contribution in [3.05, 3.63) is 11.7 Å². The van der Waals surface area contributed by atoms with Crippen LogP contribution >= 0.6 is 0 Å². The van der Waals surface area contributed by atoms with E-state index in [0.717, 1.165) is 5.82 Å². The molecule has 0 aliphatic heterocycles. The summed E-state index contributed by atoms with van der Waals surface area (Å²) in [6.07, 6.45) is 9.09. The monoisotopic (exact) mass is 251 g/mol. The van der Waals surface area contributed by atoms with E-state index in [1.165, 1.54) is 44.9 Å². The van der Waals surface area contributed by atoms with Gasteiger partial charge in [-0.25, -0.2) is 0 Å². The molecule has 0 amide bonds. The van der Waals surface area contributed by atoms with E-state index >= 15 is 0 Å². The van der Waals surface area contributed by atoms with Gasteiger partial charge in [-0.3, -0.25) is 0 Å². The van der Waals surface area contributed by atoms with Crippen molar-refractivity contribution in [1.29, 1.82) is 0 Å². The Hall–Kier alpha value is -0.900. The minimum Gasteiger partial charge on any atom is -0.337 e. The Balaban J connectivity index is 2.08. The number of hydrogen-bond donors (Lipinski definition) is 1. The second kappa shape index (κ2) is 5.83. The fraction of sp³-hybridized carbons (Fsp3) is 0.857. The Bertz CT molecular complexity index is 365. The van der Waals surface area contributed by atoms with Crippen molar-refractivity contribution in [2.45, 2.75) is 70.3 Å². The van der Waals surface area contributed by atoms with Gasteiger partial charge in [0, 0.05) is 5.92 Å². The number of rotatable bonds is 3. The molecule has 0 bridgehead atoms. The van der Waals surface area contributed by atoms with Crippen LogP contribution in [0, 0.1) is 0 Å². The van der Waals surface area contributed by atoms with Crippen LogP contribution in [0.4, 0.5) is 0 Å². The van der Waals surface area contributed by atoms with Crippen LogP contribution in [0.15, 0.2) is 4.52 Å². The second-order valence-electron chi connectivity index (χ2n) is 5.87. The van der Waals surface area contributed by atoms with E-state index in [4.69, 9.17) is 4.52 Å². The van der Waals surface area contributed by atoms with E-state index in [1.54, 1.807) is 0 Å². The summed E-state index contributed by atoms with van der Waals surface area (Å²) in [6, 6.07) is 0. The van der Waals surface area contributed by atoms with E-state index in [9.17, 15) is 0 Å². The van der Waals surface area contributed by atoms with Gasteiger partial charge in [-0.1, -0.05) is 37.3 Å². The Morgan fingerprint density at radius 1 is 1.11 bits per heavy atom. The molecule has 1 aliphatic rings. The molecular weight excluding hydrogens is 226 g/mol. The van der Waals surface area contributed by atoms with Gasteiger partial charge in [0.05, 0.1) is 5.54 Å². The molecular formula is C14H25N3O. The van der Waals surface area contributed by atoms with E-state index in [0.29, 0.717) is 11.8 Å². The van der Waals surface area contributed by atoms with Crippen LogP contribution < -0.4 is 5.32 Å². The molecule has 1 aromatic heterocycles. The average molecular weight is 251 g/mol. The number of nitrogens with one attached hydrogen (secondary N) is 1. The fourth-order valence-electron chi connectivity index (χ4n) is 2.48. The van der Waals surface area contributed by atoms with Crippen molar-refractivity contribution >= 4 is 0 Å². The number of aromatic nitrogens is 2. The summed E-state index contributed by atoms with van der Waals surface area (Å²) in [7, 11) is 1.92. The third-order valence-corrected chi connectivity index (χ3v) is 4.07. The molecule has 0 spiro atoms. The summed E-state index contributed by atoms with van der Waals surface area (Å²) in [5.41, 5.74) is -0.243. The fourth-order valence-corrected chi connectivity index (χ4v) is 2.48. The average Bonchev–Trinajstić information content (AvgIpc) is 2.78. The molecule has 1 N–H and O–H groups in total. The molecule has 0 saturated heterocycles. The summed E-state index contributed by atoms with van der Waals surface area (Å²) in [5, 5.41) is 7.40. The highest BCUT2D eigenvalue weighted by Gasteiger charge is 2.27. The van der Waals surface area contributed by atoms with Crippen molar-refractivity contribution in [3.63, 3.8) is 0 Å². The van der Waals surface area contributed by atoms with Gasteiger partial charge < -0.3 is 9.84 Å². The van der Waals surface area contributed by atoms with Crippen LogP contribution in [-0.4, -0.2) is 17.2 Å². The lowest BCUT2D eigenvalue weighted by molar-refractivity contribution is 0.278. The standard InChI is InChI=1S/C14H25N3O/c1-14(2,15-3)13-16-12(17-18-13)11-9-7-5-4-6-8-10-11/h11,15H,4-10H2,1-3H3. The maximum Gasteiger partial charge on any atom is 0.246 e. The summed E-state index contributed by atoms with van der Waals surface area (Å²) in [4.78, 5) is 4.61. The normalized spacial score (nSPS) is 19.5. The summed E-state index contributed by atoms with van der Waals surface area (Å²) >= 11 is 0. The van der Waals surface area contributed by atoms with Gasteiger partial charge in [0.25, 0.3) is 0 Å². The minimum atomic E-state index is -0.243. The highest BCUT2D eigenvalue weighted by Crippen LogP contribution is 2.30. The van der Waals surface area contributed by atoms with Gasteiger partial charge in [0.15, 0.2) is 5.82 Å². The van der Waals surface area contributed by atoms with Crippen LogP contribution in [0.1, 0.15) is 76.4 Å². The van der Waals surface area contributed by atoms with Gasteiger partial charge in [-0.05, 0) is 33.7 Å². The lowest BCUT2D eigenvalue weighted by atomic mass is 9.91. The topological polar surface area (TPSA) is 51.0 Å². The van der Waals surface area contributed by atoms with Crippen molar-refractivity contribution in [3.8, 4) is 0 Å². The lowest BCUT2D eigenvalue weighted by Crippen LogP contribution is -2.33. The van der Waals surface area contributed by atoms with Crippen molar-refractivity contribution < 1.29 is 4.52 Å². The Kier molecular flexibility index (Phi) is 4.38. The molecule has 1 saturated carbocycles. The van der Waals surface area contributed by atoms with Crippen LogP contribution in [-0.2, 0) is 5.54 Å². The summed E-state index contributed by atoms with van der Waals surface area (Å²) in [6.45, 7) is 4.12. The highest BCUT2D eigenvalue weighted by atomic mass is 16.5. The Morgan fingerprint density at radius 3 is 2.33 bits per heavy atom. The zero-order valence-electron chi connectivity index (χ0n) is 11.8. The molecule has 1 fully saturated rings. The first-order valence-electron chi connectivity index (χ1n) is 7.16. The first kappa shape index (κ1) is 13.5. The van der Waals surface area contributed by atoms with Gasteiger partial charge in [0.1, 0.15) is 0 Å². The molecule has 1 aliphatic carbocycles. The smallest absolute Gasteiger partial charge is 0.246 e. The quantitative estimate of drug-likeness (QED) is 0.895. The van der Waals surface area contributed by atoms with E-state index in [-0.39, 0.29) is 5.54 Å². The number of nitrogens with zero attached hydrogens (tertiary/aromatic N) is 2. The van der Waals surface area contributed by atoms with Crippen LogP contribution in [0.3, 0.4) is 0 Å². The molecule has 102 valence electrons. The second-order valence-corrected chi connectivity index (χ2v) is 5.87. The summed E-state index contributed by atoms with van der Waals surface area (Å²) in [5.74, 6) is 2.10. The van der Waals surface area contributed by atoms with Gasteiger partial charge in [0.2, 0.25) is 5.89 Å². The van der Waals surface area contributed by atoms with E-state index in [1.807, 2.05) is 7.05 Å². The molecule has 0 unspecified atom stereocenters. The molecule has 2 rings (SSSR count). The molecule has 18 heavy (non-hydrogen) atoms. The third kappa shape index (κ3) is 3.10. The SMILES string of the molecule is CNC(C)(C)c1nc(C2CCCCCCC2)no1. The van der Waals surface area contributed by atoms with E-state index in [2.05, 4.69) is 29.3 Å². The third-order valence-electron chi connectivity index (χ3n) is 4.07. The van der Waals surface area contributed by atoms with Crippen molar-refractivity contribution in [2.24, 2.45) is 0 Å². The van der Waals surface area contributed by atoms with Crippen LogP contribution in [0.2, 0.25) is 0 Å². The molecule has 1 heterocycles. The minimum absolute atomic E-state index is 0.243. The first-order valence-corrected chi connectivity index (χ1v) is 7.16. The Morgan fingerprint density at radius 2 is 1.72 bits per heavy atom. The maximum atomic E-state index is 5.42. The highest BCUT2D eigenvalue weighted by molar-refractivity contribution is 5.02. The molecule has 4 nitrogen and oxygen atoms in total. The number of hydrogen-bond acceptors (Lipinski definition) is 4. The zero-order chi connectivity index (χ0) is 13.0. The van der Waals surface area contributed by atoms with Crippen LogP contribution in [0.25, 0.3) is 0 Å². The lowest BCUT2D eigenvalue weighted by Gasteiger charge is -2.18. The zero-order valence-corrected chi connectivity index (χ0v) is 11.8. The molecule has 1 aromatic rings. The van der Waals surface area contributed by atoms with E-state index < -0.39 is 0 Å². The molecule has 0 aromatic carbocycles. The van der Waals surface area contributed by atoms with Gasteiger partial charge in [-0.2, -0.15) is 4.98 Å². The largest absolute Gasteiger partial charge is 0.337 e. The molecule has 4 heteroatoms. The maximum absolute atomic E-state index is 5.42. The van der Waals surface area contributed by atoms with Crippen molar-refractivity contribution in [2.75, 3.05) is 7.05 Å². The predicted octanol–water partition coefficient (Wildman–Crippen LogP) is 3.35. The molecule has 0 radical (unpaired) electrons. The predicted molar refractivity (Wildman–Crippen MR) is 71.4 cm³/mol. The van der Waals surface area contributed by atoms with Crippen molar-refractivity contribution in [1.82, 2.24) is 15.5 Å². The summed E-state index contributed by atoms with van der Waals surface area (Å²) < 4.78 is 5.42. The van der Waals surface area contributed by atoms with Gasteiger partial charge >= 0.3 is 0 Å². The van der Waals surface area contributed by atoms with Gasteiger partial charge in [-0.15, -0.1) is 0 Å². The molecule has 0 atom stereocenters. The Labute approximate surface area is 110 Å². The van der Waals surface area contributed by atoms with Crippen LogP contribution in [0.5, 0.6) is 0 Å². The first-order chi connectivity index (χ1) is 8.63.